The maximum absolute atomic E-state index is 12.7. The Bertz CT molecular complexity index is 1410. The monoisotopic (exact) mass is 405 g/mol. The van der Waals surface area contributed by atoms with Crippen molar-refractivity contribution in [2.75, 3.05) is 0 Å². The highest BCUT2D eigenvalue weighted by atomic mass is 16.5. The lowest BCUT2D eigenvalue weighted by Crippen LogP contribution is -2.26. The fourth-order valence-electron chi connectivity index (χ4n) is 4.14. The third-order valence-corrected chi connectivity index (χ3v) is 5.66. The van der Waals surface area contributed by atoms with Crippen LogP contribution >= 0.6 is 0 Å². The number of aromatic nitrogens is 1. The quantitative estimate of drug-likeness (QED) is 0.381. The lowest BCUT2D eigenvalue weighted by atomic mass is 10.0. The molecule has 0 radical (unpaired) electrons. The first-order valence-electron chi connectivity index (χ1n) is 9.86. The van der Waals surface area contributed by atoms with Gasteiger partial charge in [0.2, 0.25) is 0 Å². The Morgan fingerprint density at radius 2 is 1.83 bits per heavy atom. The molecule has 7 heteroatoms. The highest BCUT2D eigenvalue weighted by molar-refractivity contribution is 5.83. The molecule has 0 aliphatic heterocycles. The van der Waals surface area contributed by atoms with Crippen LogP contribution in [0.3, 0.4) is 0 Å². The molecule has 0 unspecified atom stereocenters. The molecule has 2 heterocycles. The van der Waals surface area contributed by atoms with Crippen LogP contribution < -0.4 is 11.4 Å². The van der Waals surface area contributed by atoms with Gasteiger partial charge in [0.05, 0.1) is 5.52 Å². The van der Waals surface area contributed by atoms with Crippen LogP contribution in [0.15, 0.2) is 60.9 Å². The second kappa shape index (κ2) is 7.02. The van der Waals surface area contributed by atoms with Gasteiger partial charge in [0, 0.05) is 17.0 Å². The number of rotatable bonds is 4. The Hall–Kier alpha value is -3.61. The molecule has 0 amide bonds. The van der Waals surface area contributed by atoms with Crippen molar-refractivity contribution in [2.24, 2.45) is 0 Å². The van der Waals surface area contributed by atoms with E-state index in [1.807, 2.05) is 12.1 Å². The van der Waals surface area contributed by atoms with E-state index in [1.54, 1.807) is 31.2 Å². The molecule has 1 atom stereocenters. The topological polar surface area (TPSA) is 91.7 Å². The van der Waals surface area contributed by atoms with Crippen LogP contribution in [0.5, 0.6) is 0 Å². The molecule has 0 N–H and O–H groups in total. The van der Waals surface area contributed by atoms with Crippen molar-refractivity contribution in [1.82, 2.24) is 4.57 Å². The third kappa shape index (κ3) is 3.03. The molecule has 5 rings (SSSR count). The number of fused-ring (bicyclic) bond motifs is 3. The van der Waals surface area contributed by atoms with Crippen LogP contribution in [-0.4, -0.2) is 10.5 Å². The van der Waals surface area contributed by atoms with E-state index in [1.165, 1.54) is 21.8 Å². The van der Waals surface area contributed by atoms with Gasteiger partial charge in [0.1, 0.15) is 18.2 Å². The summed E-state index contributed by atoms with van der Waals surface area (Å²) >= 11 is 0. The largest absolute Gasteiger partial charge is 0.459 e. The maximum Gasteiger partial charge on any atom is 0.420 e. The SMILES string of the molecule is C[C@@H](C(=O)OCc1cc(=O)oc2cc3c(cc12)CCC3)n1c(=O)oc2ccccc21. The summed E-state index contributed by atoms with van der Waals surface area (Å²) < 4.78 is 17.3. The number of hydrogen-bond donors (Lipinski definition) is 0. The van der Waals surface area contributed by atoms with E-state index in [9.17, 15) is 14.4 Å². The number of para-hydroxylation sites is 2. The highest BCUT2D eigenvalue weighted by Gasteiger charge is 2.23. The van der Waals surface area contributed by atoms with Gasteiger partial charge in [-0.3, -0.25) is 4.57 Å². The fourth-order valence-corrected chi connectivity index (χ4v) is 4.14. The van der Waals surface area contributed by atoms with Crippen molar-refractivity contribution < 1.29 is 18.4 Å². The minimum Gasteiger partial charge on any atom is -0.459 e. The molecule has 0 saturated carbocycles. The zero-order chi connectivity index (χ0) is 20.8. The standard InChI is InChI=1S/C23H19NO6/c1-13(24-18-7-2-3-8-19(18)30-23(24)27)22(26)28-12-16-11-21(25)29-20-10-15-6-4-5-14(15)9-17(16)20/h2-3,7-11,13H,4-6,12H2,1H3/t13-/m0/s1. The van der Waals surface area contributed by atoms with Crippen LogP contribution in [-0.2, 0) is 29.0 Å². The average Bonchev–Trinajstić information content (AvgIpc) is 3.32. The molecule has 1 aliphatic rings. The number of benzene rings is 2. The molecule has 30 heavy (non-hydrogen) atoms. The zero-order valence-corrected chi connectivity index (χ0v) is 16.3. The molecule has 0 saturated heterocycles. The Kier molecular flexibility index (Phi) is 4.31. The van der Waals surface area contributed by atoms with E-state index in [0.29, 0.717) is 22.2 Å². The molecule has 0 spiro atoms. The van der Waals surface area contributed by atoms with E-state index in [-0.39, 0.29) is 6.61 Å². The van der Waals surface area contributed by atoms with Gasteiger partial charge in [-0.25, -0.2) is 14.4 Å². The van der Waals surface area contributed by atoms with Crippen molar-refractivity contribution in [3.05, 3.63) is 80.1 Å². The minimum atomic E-state index is -0.878. The van der Waals surface area contributed by atoms with Crippen molar-refractivity contribution in [2.45, 2.75) is 38.8 Å². The molecule has 4 aromatic rings. The predicted molar refractivity (Wildman–Crippen MR) is 109 cm³/mol. The Labute approximate surface area is 170 Å². The molecule has 2 aromatic heterocycles. The van der Waals surface area contributed by atoms with Crippen LogP contribution in [0.1, 0.15) is 36.1 Å². The molecule has 0 bridgehead atoms. The summed E-state index contributed by atoms with van der Waals surface area (Å²) in [5.74, 6) is -1.21. The highest BCUT2D eigenvalue weighted by Crippen LogP contribution is 2.29. The number of oxazole rings is 1. The van der Waals surface area contributed by atoms with Crippen LogP contribution in [0, 0.1) is 0 Å². The predicted octanol–water partition coefficient (Wildman–Crippen LogP) is 3.49. The normalized spacial score (nSPS) is 14.2. The molecule has 7 nitrogen and oxygen atoms in total. The van der Waals surface area contributed by atoms with Gasteiger partial charge < -0.3 is 13.6 Å². The molecule has 152 valence electrons. The van der Waals surface area contributed by atoms with Crippen molar-refractivity contribution in [3.8, 4) is 0 Å². The summed E-state index contributed by atoms with van der Waals surface area (Å²) in [6.45, 7) is 1.49. The molecular formula is C23H19NO6. The van der Waals surface area contributed by atoms with Gasteiger partial charge >= 0.3 is 17.4 Å². The number of carbonyl (C=O) groups is 1. The van der Waals surface area contributed by atoms with Crippen molar-refractivity contribution in [3.63, 3.8) is 0 Å². The van der Waals surface area contributed by atoms with E-state index in [2.05, 4.69) is 0 Å². The van der Waals surface area contributed by atoms with Gasteiger partial charge in [-0.2, -0.15) is 0 Å². The minimum absolute atomic E-state index is 0.0887. The van der Waals surface area contributed by atoms with Crippen molar-refractivity contribution >= 4 is 28.0 Å². The lowest BCUT2D eigenvalue weighted by Gasteiger charge is -2.13. The first-order valence-corrected chi connectivity index (χ1v) is 9.86. The van der Waals surface area contributed by atoms with Crippen LogP contribution in [0.25, 0.3) is 22.1 Å². The van der Waals surface area contributed by atoms with E-state index < -0.39 is 23.4 Å². The number of hydrogen-bond acceptors (Lipinski definition) is 6. The number of nitrogens with zero attached hydrogens (tertiary/aromatic N) is 1. The summed E-state index contributed by atoms with van der Waals surface area (Å²) in [7, 11) is 0. The molecule has 0 fully saturated rings. The Balaban J connectivity index is 1.44. The van der Waals surface area contributed by atoms with Gasteiger partial charge in [-0.15, -0.1) is 0 Å². The van der Waals surface area contributed by atoms with Crippen LogP contribution in [0.2, 0.25) is 0 Å². The third-order valence-electron chi connectivity index (χ3n) is 5.66. The van der Waals surface area contributed by atoms with E-state index >= 15 is 0 Å². The summed E-state index contributed by atoms with van der Waals surface area (Å²) in [5, 5.41) is 0.765. The van der Waals surface area contributed by atoms with Gasteiger partial charge in [0.25, 0.3) is 0 Å². The van der Waals surface area contributed by atoms with E-state index in [4.69, 9.17) is 13.6 Å². The second-order valence-electron chi connectivity index (χ2n) is 7.55. The second-order valence-corrected chi connectivity index (χ2v) is 7.55. The van der Waals surface area contributed by atoms with Gasteiger partial charge in [-0.1, -0.05) is 12.1 Å². The number of carbonyl (C=O) groups excluding carboxylic acids is 1. The summed E-state index contributed by atoms with van der Waals surface area (Å²) in [6, 6.07) is 11.3. The summed E-state index contributed by atoms with van der Waals surface area (Å²) in [4.78, 5) is 36.9. The molecule has 2 aromatic carbocycles. The number of ether oxygens (including phenoxy) is 1. The molecule has 1 aliphatic carbocycles. The lowest BCUT2D eigenvalue weighted by molar-refractivity contribution is -0.148. The van der Waals surface area contributed by atoms with Crippen LogP contribution in [0.4, 0.5) is 0 Å². The van der Waals surface area contributed by atoms with Crippen molar-refractivity contribution in [1.29, 1.82) is 0 Å². The molecular weight excluding hydrogens is 386 g/mol. The van der Waals surface area contributed by atoms with Gasteiger partial charge in [-0.05, 0) is 61.6 Å². The fraction of sp³-hybridized carbons (Fsp3) is 0.261. The zero-order valence-electron chi connectivity index (χ0n) is 16.3. The number of aryl methyl sites for hydroxylation is 2. The van der Waals surface area contributed by atoms with Gasteiger partial charge in [0.15, 0.2) is 5.58 Å². The first-order chi connectivity index (χ1) is 14.5. The summed E-state index contributed by atoms with van der Waals surface area (Å²) in [5.41, 5.74) is 3.95. The summed E-state index contributed by atoms with van der Waals surface area (Å²) in [6.07, 6.45) is 3.03. The number of esters is 1. The Morgan fingerprint density at radius 3 is 2.67 bits per heavy atom. The Morgan fingerprint density at radius 1 is 1.07 bits per heavy atom. The van der Waals surface area contributed by atoms with E-state index in [0.717, 1.165) is 24.6 Å². The first kappa shape index (κ1) is 18.4. The maximum atomic E-state index is 12.7. The average molecular weight is 405 g/mol. The smallest absolute Gasteiger partial charge is 0.420 e.